The molecule has 3 rings (SSSR count). The summed E-state index contributed by atoms with van der Waals surface area (Å²) in [5.74, 6) is 0.201. The number of carbonyl (C=O) groups is 1. The van der Waals surface area contributed by atoms with E-state index in [2.05, 4.69) is 10.5 Å². The summed E-state index contributed by atoms with van der Waals surface area (Å²) in [6, 6.07) is 6.71. The number of nitrogens with zero attached hydrogens (tertiary/aromatic N) is 2. The van der Waals surface area contributed by atoms with Crippen molar-refractivity contribution < 1.29 is 22.5 Å². The molecule has 0 fully saturated rings. The summed E-state index contributed by atoms with van der Waals surface area (Å²) < 4.78 is 43.2. The van der Waals surface area contributed by atoms with E-state index in [4.69, 9.17) is 4.52 Å². The van der Waals surface area contributed by atoms with Gasteiger partial charge >= 0.3 is 6.18 Å². The smallest absolute Gasteiger partial charge is 0.377 e. The molecule has 2 heterocycles. The van der Waals surface area contributed by atoms with Crippen molar-refractivity contribution in [2.75, 3.05) is 16.8 Å². The lowest BCUT2D eigenvalue weighted by Crippen LogP contribution is -2.41. The van der Waals surface area contributed by atoms with Gasteiger partial charge in [0.25, 0.3) is 0 Å². The zero-order chi connectivity index (χ0) is 18.2. The molecular weight excluding hydrogens is 335 g/mol. The summed E-state index contributed by atoms with van der Waals surface area (Å²) in [5, 5.41) is 7.19. The average Bonchev–Trinajstić information content (AvgIpc) is 2.96. The van der Waals surface area contributed by atoms with Crippen LogP contribution in [0.15, 0.2) is 28.8 Å². The van der Waals surface area contributed by atoms with Gasteiger partial charge in [0.1, 0.15) is 18.0 Å². The van der Waals surface area contributed by atoms with E-state index in [9.17, 15) is 18.0 Å². The second kappa shape index (κ2) is 6.42. The van der Waals surface area contributed by atoms with Crippen LogP contribution in [-0.4, -0.2) is 23.8 Å². The van der Waals surface area contributed by atoms with Gasteiger partial charge in [-0.25, -0.2) is 0 Å². The van der Waals surface area contributed by atoms with Crippen molar-refractivity contribution >= 4 is 17.3 Å². The summed E-state index contributed by atoms with van der Waals surface area (Å²) in [6.45, 7) is 2.45. The number of alkyl halides is 3. The van der Waals surface area contributed by atoms with Crippen LogP contribution in [0.25, 0.3) is 0 Å². The summed E-state index contributed by atoms with van der Waals surface area (Å²) in [7, 11) is 0. The lowest BCUT2D eigenvalue weighted by atomic mass is 10.00. The van der Waals surface area contributed by atoms with E-state index in [1.54, 1.807) is 25.1 Å². The Labute approximate surface area is 142 Å². The van der Waals surface area contributed by atoms with E-state index in [0.717, 1.165) is 21.8 Å². The van der Waals surface area contributed by atoms with E-state index < -0.39 is 18.6 Å². The van der Waals surface area contributed by atoms with Gasteiger partial charge in [0.15, 0.2) is 0 Å². The first-order chi connectivity index (χ1) is 11.7. The van der Waals surface area contributed by atoms with Crippen LogP contribution in [0, 0.1) is 6.92 Å². The van der Waals surface area contributed by atoms with E-state index in [0.29, 0.717) is 17.9 Å². The van der Waals surface area contributed by atoms with Crippen LogP contribution in [0.1, 0.15) is 36.4 Å². The Balaban J connectivity index is 1.81. The molecule has 2 aromatic rings. The van der Waals surface area contributed by atoms with Crippen LogP contribution in [0.3, 0.4) is 0 Å². The largest absolute Gasteiger partial charge is 0.406 e. The molecule has 25 heavy (non-hydrogen) atoms. The number of fused-ring (bicyclic) bond motifs is 1. The Morgan fingerprint density at radius 2 is 2.08 bits per heavy atom. The third kappa shape index (κ3) is 3.94. The van der Waals surface area contributed by atoms with Gasteiger partial charge in [0.2, 0.25) is 5.91 Å². The maximum atomic E-state index is 12.7. The molecule has 1 atom stereocenters. The topological polar surface area (TPSA) is 58.4 Å². The van der Waals surface area contributed by atoms with Gasteiger partial charge in [-0.3, -0.25) is 4.79 Å². The molecule has 0 aliphatic carbocycles. The molecular formula is C17H18F3N3O2. The van der Waals surface area contributed by atoms with Gasteiger partial charge in [-0.05, 0) is 44.0 Å². The molecule has 5 nitrogen and oxygen atoms in total. The Kier molecular flexibility index (Phi) is 4.45. The predicted molar refractivity (Wildman–Crippen MR) is 86.4 cm³/mol. The van der Waals surface area contributed by atoms with Crippen molar-refractivity contribution in [2.45, 2.75) is 38.9 Å². The van der Waals surface area contributed by atoms with Crippen LogP contribution in [0.5, 0.6) is 0 Å². The maximum absolute atomic E-state index is 12.7. The summed E-state index contributed by atoms with van der Waals surface area (Å²) in [6.07, 6.45) is -3.93. The normalized spacial score (nSPS) is 15.9. The van der Waals surface area contributed by atoms with Gasteiger partial charge in [-0.15, -0.1) is 0 Å². The van der Waals surface area contributed by atoms with E-state index in [-0.39, 0.29) is 12.5 Å². The number of halogens is 3. The third-order valence-corrected chi connectivity index (χ3v) is 4.09. The average molecular weight is 353 g/mol. The second-order valence-electron chi connectivity index (χ2n) is 6.17. The molecule has 1 aliphatic heterocycles. The number of hydrogen-bond donors (Lipinski definition) is 1. The molecule has 1 amide bonds. The zero-order valence-corrected chi connectivity index (χ0v) is 13.9. The molecule has 0 radical (unpaired) electrons. The second-order valence-corrected chi connectivity index (χ2v) is 6.17. The molecule has 1 aromatic carbocycles. The van der Waals surface area contributed by atoms with Crippen molar-refractivity contribution in [3.8, 4) is 0 Å². The van der Waals surface area contributed by atoms with Gasteiger partial charge in [-0.2, -0.15) is 13.2 Å². The Hall–Kier alpha value is -2.51. The van der Waals surface area contributed by atoms with Crippen molar-refractivity contribution in [3.05, 3.63) is 41.3 Å². The fraction of sp³-hybridized carbons (Fsp3) is 0.412. The minimum atomic E-state index is -4.43. The molecule has 1 aromatic heterocycles. The van der Waals surface area contributed by atoms with E-state index in [1.165, 1.54) is 0 Å². The standard InChI is InChI=1S/C17H18F3N3O2/c1-10-7-14(22-25-10)11(2)21-13-4-5-15-12(8-13)3-6-16(24)23(15)9-17(18,19)20/h4-5,7-8,11,21H,3,6,9H2,1-2H3. The number of amides is 1. The molecule has 0 bridgehead atoms. The summed E-state index contributed by atoms with van der Waals surface area (Å²) >= 11 is 0. The minimum absolute atomic E-state index is 0.0740. The van der Waals surface area contributed by atoms with Crippen LogP contribution in [0.2, 0.25) is 0 Å². The summed E-state index contributed by atoms with van der Waals surface area (Å²) in [5.41, 5.74) is 2.54. The van der Waals surface area contributed by atoms with Crippen molar-refractivity contribution in [1.29, 1.82) is 0 Å². The molecule has 0 spiro atoms. The zero-order valence-electron chi connectivity index (χ0n) is 13.9. The molecule has 0 saturated carbocycles. The van der Waals surface area contributed by atoms with E-state index in [1.807, 2.05) is 13.0 Å². The van der Waals surface area contributed by atoms with Crippen molar-refractivity contribution in [1.82, 2.24) is 5.16 Å². The number of nitrogens with one attached hydrogen (secondary N) is 1. The highest BCUT2D eigenvalue weighted by Crippen LogP contribution is 2.33. The van der Waals surface area contributed by atoms with Gasteiger partial charge < -0.3 is 14.7 Å². The first kappa shape index (κ1) is 17.3. The van der Waals surface area contributed by atoms with Crippen LogP contribution < -0.4 is 10.2 Å². The highest BCUT2D eigenvalue weighted by atomic mass is 19.4. The molecule has 1 N–H and O–H groups in total. The first-order valence-electron chi connectivity index (χ1n) is 7.93. The number of rotatable bonds is 4. The Morgan fingerprint density at radius 1 is 1.32 bits per heavy atom. The van der Waals surface area contributed by atoms with Gasteiger partial charge in [0.05, 0.1) is 6.04 Å². The minimum Gasteiger partial charge on any atom is -0.377 e. The van der Waals surface area contributed by atoms with Crippen LogP contribution >= 0.6 is 0 Å². The number of benzene rings is 1. The molecule has 1 aliphatic rings. The number of aryl methyl sites for hydroxylation is 2. The predicted octanol–water partition coefficient (Wildman–Crippen LogP) is 4.00. The molecule has 134 valence electrons. The van der Waals surface area contributed by atoms with Crippen molar-refractivity contribution in [3.63, 3.8) is 0 Å². The number of anilines is 2. The quantitative estimate of drug-likeness (QED) is 0.903. The number of carbonyl (C=O) groups excluding carboxylic acids is 1. The molecule has 0 saturated heterocycles. The Bertz CT molecular complexity index is 786. The SMILES string of the molecule is Cc1cc(C(C)Nc2ccc3c(c2)CCC(=O)N3CC(F)(F)F)no1. The third-order valence-electron chi connectivity index (χ3n) is 4.09. The first-order valence-corrected chi connectivity index (χ1v) is 7.93. The highest BCUT2D eigenvalue weighted by Gasteiger charge is 2.36. The summed E-state index contributed by atoms with van der Waals surface area (Å²) in [4.78, 5) is 12.7. The fourth-order valence-electron chi connectivity index (χ4n) is 2.92. The van der Waals surface area contributed by atoms with Gasteiger partial charge in [0, 0.05) is 23.9 Å². The monoisotopic (exact) mass is 353 g/mol. The maximum Gasteiger partial charge on any atom is 0.406 e. The lowest BCUT2D eigenvalue weighted by molar-refractivity contribution is -0.132. The van der Waals surface area contributed by atoms with Crippen LogP contribution in [0.4, 0.5) is 24.5 Å². The Morgan fingerprint density at radius 3 is 2.72 bits per heavy atom. The van der Waals surface area contributed by atoms with Crippen LogP contribution in [-0.2, 0) is 11.2 Å². The van der Waals surface area contributed by atoms with Crippen molar-refractivity contribution in [2.24, 2.45) is 0 Å². The highest BCUT2D eigenvalue weighted by molar-refractivity contribution is 5.96. The van der Waals surface area contributed by atoms with Gasteiger partial charge in [-0.1, -0.05) is 5.16 Å². The van der Waals surface area contributed by atoms with E-state index >= 15 is 0 Å². The lowest BCUT2D eigenvalue weighted by Gasteiger charge is -2.30. The fourth-order valence-corrected chi connectivity index (χ4v) is 2.92. The molecule has 8 heteroatoms. The number of aromatic nitrogens is 1. The molecule has 1 unspecified atom stereocenters. The number of hydrogen-bond acceptors (Lipinski definition) is 4.